The lowest BCUT2D eigenvalue weighted by molar-refractivity contribution is -0.307. The third kappa shape index (κ3) is 8.03. The van der Waals surface area contributed by atoms with E-state index in [2.05, 4.69) is 4.74 Å². The molecule has 1 aliphatic heterocycles. The van der Waals surface area contributed by atoms with Crippen molar-refractivity contribution in [3.63, 3.8) is 0 Å². The third-order valence-corrected chi connectivity index (χ3v) is 3.54. The van der Waals surface area contributed by atoms with Gasteiger partial charge in [0.2, 0.25) is 0 Å². The summed E-state index contributed by atoms with van der Waals surface area (Å²) in [6.07, 6.45) is -6.62. The molecule has 0 aliphatic carbocycles. The quantitative estimate of drug-likeness (QED) is 0.359. The Morgan fingerprint density at radius 2 is 1.28 bits per heavy atom. The van der Waals surface area contributed by atoms with Crippen molar-refractivity contribution in [2.45, 2.75) is 58.4 Å². The number of hydrogen-bond donors (Lipinski definition) is 0. The van der Waals surface area contributed by atoms with Crippen LogP contribution in [0.3, 0.4) is 0 Å². The molecule has 1 rings (SSSR count). The zero-order chi connectivity index (χ0) is 22.1. The Bertz CT molecular complexity index is 630. The number of methoxy groups -OCH3 is 1. The second-order valence-electron chi connectivity index (χ2n) is 5.95. The van der Waals surface area contributed by atoms with Gasteiger partial charge in [-0.1, -0.05) is 0 Å². The molecule has 0 N–H and O–H groups in total. The average molecular weight is 420 g/mol. The van der Waals surface area contributed by atoms with Crippen molar-refractivity contribution in [3.05, 3.63) is 0 Å². The highest BCUT2D eigenvalue weighted by Crippen LogP contribution is 2.29. The van der Waals surface area contributed by atoms with Crippen molar-refractivity contribution in [1.82, 2.24) is 0 Å². The van der Waals surface area contributed by atoms with Gasteiger partial charge in [0.15, 0.2) is 24.6 Å². The molecule has 12 nitrogen and oxygen atoms in total. The van der Waals surface area contributed by atoms with Crippen LogP contribution in [0.4, 0.5) is 0 Å². The van der Waals surface area contributed by atoms with Crippen LogP contribution in [-0.2, 0) is 57.1 Å². The molecule has 0 aromatic rings. The summed E-state index contributed by atoms with van der Waals surface area (Å²) in [5, 5.41) is 0. The SMILES string of the molecule is COC(=O)CO[C@@H]1O[C@H](COC(C)=O)[C@@H](OC(C)=O)[C@H](OC(C)=O)[C@H]1OC(C)=O. The van der Waals surface area contributed by atoms with Crippen LogP contribution in [0.5, 0.6) is 0 Å². The van der Waals surface area contributed by atoms with Crippen LogP contribution in [0.1, 0.15) is 27.7 Å². The van der Waals surface area contributed by atoms with Gasteiger partial charge in [-0.2, -0.15) is 0 Å². The lowest BCUT2D eigenvalue weighted by Crippen LogP contribution is -2.63. The molecule has 5 atom stereocenters. The predicted octanol–water partition coefficient (Wildman–Crippen LogP) is -0.741. The second kappa shape index (κ2) is 11.3. The van der Waals surface area contributed by atoms with E-state index in [0.29, 0.717) is 0 Å². The molecule has 1 heterocycles. The molecule has 0 spiro atoms. The Labute approximate surface area is 166 Å². The van der Waals surface area contributed by atoms with Crippen LogP contribution >= 0.6 is 0 Å². The van der Waals surface area contributed by atoms with E-state index in [4.69, 9.17) is 28.4 Å². The van der Waals surface area contributed by atoms with Crippen LogP contribution in [-0.4, -0.2) is 80.9 Å². The monoisotopic (exact) mass is 420 g/mol. The highest BCUT2D eigenvalue weighted by atomic mass is 16.7. The smallest absolute Gasteiger partial charge is 0.331 e. The third-order valence-electron chi connectivity index (χ3n) is 3.54. The van der Waals surface area contributed by atoms with Crippen LogP contribution < -0.4 is 0 Å². The summed E-state index contributed by atoms with van der Waals surface area (Å²) in [5.74, 6) is -3.70. The molecule has 12 heteroatoms. The van der Waals surface area contributed by atoms with Gasteiger partial charge in [0.05, 0.1) is 7.11 Å². The van der Waals surface area contributed by atoms with Crippen molar-refractivity contribution in [1.29, 1.82) is 0 Å². The highest BCUT2D eigenvalue weighted by molar-refractivity contribution is 5.70. The molecule has 1 fully saturated rings. The Hall–Kier alpha value is -2.73. The van der Waals surface area contributed by atoms with Crippen molar-refractivity contribution in [2.24, 2.45) is 0 Å². The first-order valence-electron chi connectivity index (χ1n) is 8.54. The number of rotatable bonds is 8. The molecular formula is C17H24O12. The van der Waals surface area contributed by atoms with Crippen molar-refractivity contribution >= 4 is 29.8 Å². The minimum absolute atomic E-state index is 0.393. The molecule has 164 valence electrons. The van der Waals surface area contributed by atoms with Gasteiger partial charge in [-0.15, -0.1) is 0 Å². The predicted molar refractivity (Wildman–Crippen MR) is 89.9 cm³/mol. The van der Waals surface area contributed by atoms with Gasteiger partial charge in [0.25, 0.3) is 0 Å². The fourth-order valence-electron chi connectivity index (χ4n) is 2.53. The first-order chi connectivity index (χ1) is 13.5. The number of esters is 5. The summed E-state index contributed by atoms with van der Waals surface area (Å²) < 4.78 is 35.9. The first kappa shape index (κ1) is 24.3. The minimum Gasteiger partial charge on any atom is -0.467 e. The van der Waals surface area contributed by atoms with E-state index in [1.807, 2.05) is 0 Å². The normalized spacial score (nSPS) is 26.0. The second-order valence-corrected chi connectivity index (χ2v) is 5.95. The van der Waals surface area contributed by atoms with E-state index < -0.39 is 73.8 Å². The Morgan fingerprint density at radius 3 is 1.76 bits per heavy atom. The number of hydrogen-bond acceptors (Lipinski definition) is 12. The average Bonchev–Trinajstić information content (AvgIpc) is 2.60. The van der Waals surface area contributed by atoms with E-state index >= 15 is 0 Å². The topological polar surface area (TPSA) is 150 Å². The number of ether oxygens (including phenoxy) is 7. The number of carbonyl (C=O) groups is 5. The van der Waals surface area contributed by atoms with Crippen LogP contribution in [0.15, 0.2) is 0 Å². The maximum atomic E-state index is 11.6. The standard InChI is InChI=1S/C17H24O12/c1-8(18)24-6-12-14(26-9(2)19)15(27-10(3)20)16(28-11(4)21)17(29-12)25-7-13(22)23-5/h12,14-17H,6-7H2,1-5H3/t12-,14-,15+,16-,17-/m1/s1. The lowest BCUT2D eigenvalue weighted by Gasteiger charge is -2.43. The van der Waals surface area contributed by atoms with Crippen LogP contribution in [0.2, 0.25) is 0 Å². The number of carbonyl (C=O) groups excluding carboxylic acids is 5. The van der Waals surface area contributed by atoms with E-state index in [9.17, 15) is 24.0 Å². The summed E-state index contributed by atoms with van der Waals surface area (Å²) >= 11 is 0. The summed E-state index contributed by atoms with van der Waals surface area (Å²) in [4.78, 5) is 57.4. The minimum atomic E-state index is -1.42. The van der Waals surface area contributed by atoms with E-state index in [1.54, 1.807) is 0 Å². The van der Waals surface area contributed by atoms with Crippen molar-refractivity contribution in [3.8, 4) is 0 Å². The molecule has 1 aliphatic rings. The Kier molecular flexibility index (Phi) is 9.48. The maximum Gasteiger partial charge on any atom is 0.331 e. The molecule has 0 radical (unpaired) electrons. The van der Waals surface area contributed by atoms with Gasteiger partial charge < -0.3 is 33.2 Å². The zero-order valence-electron chi connectivity index (χ0n) is 16.7. The summed E-state index contributed by atoms with van der Waals surface area (Å²) in [6.45, 7) is 3.47. The zero-order valence-corrected chi connectivity index (χ0v) is 16.7. The molecular weight excluding hydrogens is 396 g/mol. The highest BCUT2D eigenvalue weighted by Gasteiger charge is 2.52. The largest absolute Gasteiger partial charge is 0.467 e. The summed E-state index contributed by atoms with van der Waals surface area (Å²) in [7, 11) is 1.14. The van der Waals surface area contributed by atoms with Gasteiger partial charge in [0, 0.05) is 27.7 Å². The van der Waals surface area contributed by atoms with Gasteiger partial charge >= 0.3 is 29.8 Å². The van der Waals surface area contributed by atoms with Gasteiger partial charge in [-0.05, 0) is 0 Å². The van der Waals surface area contributed by atoms with E-state index in [0.717, 1.165) is 34.8 Å². The molecule has 0 amide bonds. The molecule has 1 saturated heterocycles. The molecule has 0 aromatic carbocycles. The first-order valence-corrected chi connectivity index (χ1v) is 8.54. The maximum absolute atomic E-state index is 11.6. The summed E-state index contributed by atoms with van der Waals surface area (Å²) in [5.41, 5.74) is 0. The van der Waals surface area contributed by atoms with Gasteiger partial charge in [-0.3, -0.25) is 19.2 Å². The van der Waals surface area contributed by atoms with Gasteiger partial charge in [0.1, 0.15) is 19.3 Å². The fourth-order valence-corrected chi connectivity index (χ4v) is 2.53. The van der Waals surface area contributed by atoms with E-state index in [-0.39, 0.29) is 0 Å². The van der Waals surface area contributed by atoms with Gasteiger partial charge in [-0.25, -0.2) is 4.79 Å². The Morgan fingerprint density at radius 1 is 0.759 bits per heavy atom. The lowest BCUT2D eigenvalue weighted by atomic mass is 9.98. The molecule has 0 aromatic heterocycles. The van der Waals surface area contributed by atoms with E-state index in [1.165, 1.54) is 0 Å². The molecule has 0 unspecified atom stereocenters. The Balaban J connectivity index is 3.26. The molecule has 0 saturated carbocycles. The molecule has 0 bridgehead atoms. The van der Waals surface area contributed by atoms with Crippen LogP contribution in [0, 0.1) is 0 Å². The van der Waals surface area contributed by atoms with Crippen molar-refractivity contribution in [2.75, 3.05) is 20.3 Å². The summed E-state index contributed by atoms with van der Waals surface area (Å²) in [6, 6.07) is 0. The van der Waals surface area contributed by atoms with Crippen LogP contribution in [0.25, 0.3) is 0 Å². The van der Waals surface area contributed by atoms with Crippen molar-refractivity contribution < 1.29 is 57.1 Å². The fraction of sp³-hybridized carbons (Fsp3) is 0.706. The molecule has 29 heavy (non-hydrogen) atoms.